The zero-order valence-corrected chi connectivity index (χ0v) is 14.7. The minimum atomic E-state index is -1.48. The van der Waals surface area contributed by atoms with Gasteiger partial charge >= 0.3 is 5.97 Å². The number of ketones is 1. The number of aromatic hydroxyl groups is 1. The SMILES string of the molecule is CO[C@]1(C)[C@H](O)C(=O)C(C)=C2OC(=O)c3c(C)cc(O)c(C)c3O[C@H]21. The van der Waals surface area contributed by atoms with Crippen molar-refractivity contribution in [1.29, 1.82) is 0 Å². The van der Waals surface area contributed by atoms with Crippen molar-refractivity contribution in [3.05, 3.63) is 34.1 Å². The van der Waals surface area contributed by atoms with E-state index in [1.807, 2.05) is 0 Å². The number of ether oxygens (including phenoxy) is 3. The third-order valence-corrected chi connectivity index (χ3v) is 5.07. The first-order valence-corrected chi connectivity index (χ1v) is 7.83. The van der Waals surface area contributed by atoms with E-state index in [2.05, 4.69) is 0 Å². The fraction of sp³-hybridized carbons (Fsp3) is 0.444. The van der Waals surface area contributed by atoms with Crippen LogP contribution in [0.1, 0.15) is 35.3 Å². The number of rotatable bonds is 1. The van der Waals surface area contributed by atoms with Crippen molar-refractivity contribution in [1.82, 2.24) is 0 Å². The van der Waals surface area contributed by atoms with Crippen LogP contribution in [0.3, 0.4) is 0 Å². The highest BCUT2D eigenvalue weighted by atomic mass is 16.6. The number of fused-ring (bicyclic) bond motifs is 2. The van der Waals surface area contributed by atoms with Crippen LogP contribution in [0.5, 0.6) is 11.5 Å². The van der Waals surface area contributed by atoms with Crippen LogP contribution in [-0.4, -0.2) is 46.9 Å². The summed E-state index contributed by atoms with van der Waals surface area (Å²) in [5.74, 6) is -1.14. The highest BCUT2D eigenvalue weighted by molar-refractivity contribution is 6.03. The van der Waals surface area contributed by atoms with Crippen LogP contribution >= 0.6 is 0 Å². The van der Waals surface area contributed by atoms with Gasteiger partial charge in [-0.3, -0.25) is 4.79 Å². The first-order chi connectivity index (χ1) is 11.6. The molecule has 0 fully saturated rings. The number of aryl methyl sites for hydroxylation is 1. The molecule has 0 saturated heterocycles. The largest absolute Gasteiger partial charge is 0.508 e. The average molecular weight is 348 g/mol. The van der Waals surface area contributed by atoms with Gasteiger partial charge in [-0.2, -0.15) is 0 Å². The van der Waals surface area contributed by atoms with E-state index in [1.165, 1.54) is 27.0 Å². The maximum Gasteiger partial charge on any atom is 0.347 e. The first kappa shape index (κ1) is 17.4. The van der Waals surface area contributed by atoms with E-state index < -0.39 is 29.6 Å². The molecule has 0 amide bonds. The Kier molecular flexibility index (Phi) is 3.89. The van der Waals surface area contributed by atoms with Gasteiger partial charge in [-0.15, -0.1) is 0 Å². The van der Waals surface area contributed by atoms with Crippen molar-refractivity contribution in [2.24, 2.45) is 0 Å². The fourth-order valence-corrected chi connectivity index (χ4v) is 3.24. The Balaban J connectivity index is 2.30. The molecule has 3 atom stereocenters. The smallest absolute Gasteiger partial charge is 0.347 e. The van der Waals surface area contributed by atoms with Gasteiger partial charge in [0.15, 0.2) is 17.6 Å². The van der Waals surface area contributed by atoms with Gasteiger partial charge in [0, 0.05) is 18.2 Å². The Labute approximate surface area is 144 Å². The van der Waals surface area contributed by atoms with Crippen molar-refractivity contribution < 1.29 is 34.0 Å². The lowest BCUT2D eigenvalue weighted by Crippen LogP contribution is -2.60. The van der Waals surface area contributed by atoms with E-state index in [0.29, 0.717) is 11.1 Å². The van der Waals surface area contributed by atoms with Gasteiger partial charge in [0.05, 0.1) is 0 Å². The number of esters is 1. The second-order valence-electron chi connectivity index (χ2n) is 6.57. The molecular formula is C18H20O7. The predicted molar refractivity (Wildman–Crippen MR) is 86.5 cm³/mol. The Morgan fingerprint density at radius 2 is 1.88 bits per heavy atom. The summed E-state index contributed by atoms with van der Waals surface area (Å²) < 4.78 is 16.9. The van der Waals surface area contributed by atoms with Crippen LogP contribution in [0.4, 0.5) is 0 Å². The number of phenolic OH excluding ortho intramolecular Hbond substituents is 1. The minimum Gasteiger partial charge on any atom is -0.508 e. The van der Waals surface area contributed by atoms with E-state index >= 15 is 0 Å². The number of carbonyl (C=O) groups is 2. The first-order valence-electron chi connectivity index (χ1n) is 7.83. The summed E-state index contributed by atoms with van der Waals surface area (Å²) in [7, 11) is 1.34. The van der Waals surface area contributed by atoms with Crippen LogP contribution < -0.4 is 4.74 Å². The molecule has 1 heterocycles. The number of benzene rings is 1. The number of carbonyl (C=O) groups excluding carboxylic acids is 2. The maximum atomic E-state index is 12.6. The van der Waals surface area contributed by atoms with Crippen LogP contribution in [0.25, 0.3) is 0 Å². The Morgan fingerprint density at radius 1 is 1.24 bits per heavy atom. The Hall–Kier alpha value is -2.38. The topological polar surface area (TPSA) is 102 Å². The van der Waals surface area contributed by atoms with Crippen molar-refractivity contribution in [3.63, 3.8) is 0 Å². The fourth-order valence-electron chi connectivity index (χ4n) is 3.24. The van der Waals surface area contributed by atoms with Gasteiger partial charge in [-0.1, -0.05) is 0 Å². The summed E-state index contributed by atoms with van der Waals surface area (Å²) in [6.45, 7) is 6.23. The highest BCUT2D eigenvalue weighted by Crippen LogP contribution is 2.44. The molecule has 1 aromatic carbocycles. The zero-order chi connectivity index (χ0) is 18.7. The number of hydrogen-bond donors (Lipinski definition) is 2. The summed E-state index contributed by atoms with van der Waals surface area (Å²) in [6.07, 6.45) is -2.51. The number of aliphatic hydroxyl groups excluding tert-OH is 1. The molecule has 7 nitrogen and oxygen atoms in total. The summed E-state index contributed by atoms with van der Waals surface area (Å²) in [6, 6.07) is 1.45. The van der Waals surface area contributed by atoms with E-state index in [9.17, 15) is 19.8 Å². The van der Waals surface area contributed by atoms with Crippen molar-refractivity contribution >= 4 is 11.8 Å². The number of aliphatic hydroxyl groups is 1. The molecule has 1 aromatic rings. The molecule has 25 heavy (non-hydrogen) atoms. The normalized spacial score (nSPS) is 28.7. The highest BCUT2D eigenvalue weighted by Gasteiger charge is 2.56. The molecule has 134 valence electrons. The Bertz CT molecular complexity index is 823. The van der Waals surface area contributed by atoms with Crippen LogP contribution in [0.2, 0.25) is 0 Å². The van der Waals surface area contributed by atoms with Crippen molar-refractivity contribution in [3.8, 4) is 11.5 Å². The molecule has 1 aliphatic heterocycles. The minimum absolute atomic E-state index is 0.0131. The quantitative estimate of drug-likeness (QED) is 0.742. The third kappa shape index (κ3) is 2.26. The molecule has 0 spiro atoms. The monoisotopic (exact) mass is 348 g/mol. The second kappa shape index (κ2) is 5.57. The molecule has 0 bridgehead atoms. The van der Waals surface area contributed by atoms with Gasteiger partial charge in [0.2, 0.25) is 0 Å². The molecule has 0 saturated carbocycles. The molecule has 2 aliphatic rings. The average Bonchev–Trinajstić information content (AvgIpc) is 2.73. The maximum absolute atomic E-state index is 12.6. The van der Waals surface area contributed by atoms with Crippen LogP contribution in [0.15, 0.2) is 17.4 Å². The summed E-state index contributed by atoms with van der Waals surface area (Å²) in [5, 5.41) is 20.5. The van der Waals surface area contributed by atoms with Gasteiger partial charge in [0.1, 0.15) is 28.8 Å². The predicted octanol–water partition coefficient (Wildman–Crippen LogP) is 1.55. The molecule has 0 radical (unpaired) electrons. The van der Waals surface area contributed by atoms with E-state index in [-0.39, 0.29) is 28.4 Å². The molecule has 0 aromatic heterocycles. The van der Waals surface area contributed by atoms with Crippen LogP contribution in [0, 0.1) is 13.8 Å². The zero-order valence-electron chi connectivity index (χ0n) is 14.7. The molecule has 3 rings (SSSR count). The number of methoxy groups -OCH3 is 1. The summed E-state index contributed by atoms with van der Waals surface area (Å²) >= 11 is 0. The molecule has 2 N–H and O–H groups in total. The lowest BCUT2D eigenvalue weighted by molar-refractivity contribution is -0.166. The van der Waals surface area contributed by atoms with Crippen molar-refractivity contribution in [2.75, 3.05) is 7.11 Å². The Morgan fingerprint density at radius 3 is 2.48 bits per heavy atom. The van der Waals surface area contributed by atoms with E-state index in [0.717, 1.165) is 0 Å². The number of Topliss-reactive ketones (excluding diaryl/α,β-unsaturated/α-hetero) is 1. The molecule has 0 unspecified atom stereocenters. The third-order valence-electron chi connectivity index (χ3n) is 5.07. The standard InChI is InChI=1S/C18H20O7/c1-7-6-10(19)8(2)13-11(7)17(22)25-14-9(3)12(20)15(21)18(4,23-5)16(14)24-13/h6,15-16,19,21H,1-5H3/t15-,16-,18-/m1/s1. The molecular weight excluding hydrogens is 328 g/mol. The van der Waals surface area contributed by atoms with Gasteiger partial charge in [-0.05, 0) is 39.3 Å². The lowest BCUT2D eigenvalue weighted by atomic mass is 9.79. The van der Waals surface area contributed by atoms with Crippen molar-refractivity contribution in [2.45, 2.75) is 45.5 Å². The van der Waals surface area contributed by atoms with E-state index in [4.69, 9.17) is 14.2 Å². The molecule has 1 aliphatic carbocycles. The van der Waals surface area contributed by atoms with Gasteiger partial charge < -0.3 is 24.4 Å². The number of phenols is 1. The number of hydrogen-bond acceptors (Lipinski definition) is 7. The van der Waals surface area contributed by atoms with Crippen LogP contribution in [-0.2, 0) is 14.3 Å². The summed E-state index contributed by atoms with van der Waals surface area (Å²) in [4.78, 5) is 25.0. The van der Waals surface area contributed by atoms with Gasteiger partial charge in [-0.25, -0.2) is 4.79 Å². The van der Waals surface area contributed by atoms with Gasteiger partial charge in [0.25, 0.3) is 0 Å². The lowest BCUT2D eigenvalue weighted by Gasteiger charge is -2.42. The second-order valence-corrected chi connectivity index (χ2v) is 6.57. The molecule has 7 heteroatoms. The summed E-state index contributed by atoms with van der Waals surface area (Å²) in [5.41, 5.74) is -0.343. The van der Waals surface area contributed by atoms with E-state index in [1.54, 1.807) is 13.8 Å².